The topological polar surface area (TPSA) is 113 Å². The summed E-state index contributed by atoms with van der Waals surface area (Å²) in [5, 5.41) is 26.6. The second-order valence-corrected chi connectivity index (χ2v) is 5.48. The molecule has 1 amide bonds. The number of amides is 1. The van der Waals surface area contributed by atoms with Gasteiger partial charge in [-0.25, -0.2) is 0 Å². The van der Waals surface area contributed by atoms with Gasteiger partial charge in [-0.1, -0.05) is 24.3 Å². The second kappa shape index (κ2) is 7.00. The number of benzene rings is 2. The van der Waals surface area contributed by atoms with Crippen LogP contribution in [0.25, 0.3) is 11.4 Å². The molecule has 25 heavy (non-hydrogen) atoms. The van der Waals surface area contributed by atoms with Crippen molar-refractivity contribution in [3.8, 4) is 22.9 Å². The first kappa shape index (κ1) is 16.4. The number of aryl methyl sites for hydroxylation is 1. The number of rotatable bonds is 5. The highest BCUT2D eigenvalue weighted by Gasteiger charge is 2.16. The lowest BCUT2D eigenvalue weighted by Crippen LogP contribution is -2.23. The maximum absolute atomic E-state index is 12.4. The van der Waals surface area contributed by atoms with Crippen molar-refractivity contribution >= 4 is 5.91 Å². The monoisotopic (exact) mass is 339 g/mol. The van der Waals surface area contributed by atoms with E-state index < -0.39 is 0 Å². The van der Waals surface area contributed by atoms with Crippen LogP contribution in [0.4, 0.5) is 0 Å². The summed E-state index contributed by atoms with van der Waals surface area (Å²) in [6, 6.07) is 10.7. The third kappa shape index (κ3) is 3.57. The van der Waals surface area contributed by atoms with Crippen LogP contribution in [0.2, 0.25) is 0 Å². The summed E-state index contributed by atoms with van der Waals surface area (Å²) in [5.74, 6) is 0.238. The summed E-state index contributed by atoms with van der Waals surface area (Å²) in [5.41, 5.74) is 2.73. The normalized spacial score (nSPS) is 10.5. The Bertz CT molecular complexity index is 876. The maximum atomic E-state index is 12.4. The number of nitrogens with one attached hydrogen (secondary N) is 2. The fourth-order valence-electron chi connectivity index (χ4n) is 2.41. The Balaban J connectivity index is 1.69. The van der Waals surface area contributed by atoms with Gasteiger partial charge in [0.1, 0.15) is 0 Å². The summed E-state index contributed by atoms with van der Waals surface area (Å²) < 4.78 is 5.08. The van der Waals surface area contributed by atoms with E-state index in [1.54, 1.807) is 12.1 Å². The lowest BCUT2D eigenvalue weighted by molar-refractivity contribution is 0.0947. The molecule has 2 aromatic carbocycles. The first-order valence-electron chi connectivity index (χ1n) is 7.57. The number of phenols is 1. The first-order valence-corrected chi connectivity index (χ1v) is 7.57. The maximum Gasteiger partial charge on any atom is 0.255 e. The van der Waals surface area contributed by atoms with Gasteiger partial charge in [0.25, 0.3) is 5.91 Å². The molecule has 0 aliphatic rings. The van der Waals surface area contributed by atoms with E-state index in [-0.39, 0.29) is 23.0 Å². The molecule has 0 unspecified atom stereocenters. The molecule has 128 valence electrons. The van der Waals surface area contributed by atoms with Crippen molar-refractivity contribution in [1.29, 1.82) is 0 Å². The second-order valence-electron chi connectivity index (χ2n) is 5.48. The molecule has 3 rings (SSSR count). The number of nitrogens with zero attached hydrogens (tertiary/aromatic N) is 3. The number of hydrogen-bond acceptors (Lipinski definition) is 6. The van der Waals surface area contributed by atoms with E-state index >= 15 is 0 Å². The van der Waals surface area contributed by atoms with E-state index in [9.17, 15) is 9.90 Å². The van der Waals surface area contributed by atoms with Gasteiger partial charge < -0.3 is 15.2 Å². The van der Waals surface area contributed by atoms with E-state index in [1.807, 2.05) is 31.2 Å². The molecule has 1 aromatic heterocycles. The molecule has 0 aliphatic carbocycles. The smallest absolute Gasteiger partial charge is 0.255 e. The minimum Gasteiger partial charge on any atom is -0.504 e. The van der Waals surface area contributed by atoms with E-state index in [0.29, 0.717) is 12.4 Å². The van der Waals surface area contributed by atoms with Crippen molar-refractivity contribution in [2.75, 3.05) is 7.11 Å². The standard InChI is InChI=1S/C17H17N5O3/c1-10-7-13(15(23)14(8-10)25-2)17(24)18-9-11-3-5-12(6-4-11)16-19-21-22-20-16/h3-8,23H,9H2,1-2H3,(H,18,24)(H,19,20,21,22). The zero-order valence-corrected chi connectivity index (χ0v) is 13.8. The average molecular weight is 339 g/mol. The van der Waals surface area contributed by atoms with Crippen molar-refractivity contribution < 1.29 is 14.6 Å². The van der Waals surface area contributed by atoms with Gasteiger partial charge in [0.15, 0.2) is 11.5 Å². The van der Waals surface area contributed by atoms with Crippen LogP contribution in [0.15, 0.2) is 36.4 Å². The molecule has 0 atom stereocenters. The predicted molar refractivity (Wildman–Crippen MR) is 90.2 cm³/mol. The molecule has 0 fully saturated rings. The van der Waals surface area contributed by atoms with Crippen LogP contribution >= 0.6 is 0 Å². The number of ether oxygens (including phenoxy) is 1. The zero-order valence-electron chi connectivity index (χ0n) is 13.8. The summed E-state index contributed by atoms with van der Waals surface area (Å²) in [6.45, 7) is 2.15. The molecular weight excluding hydrogens is 322 g/mol. The van der Waals surface area contributed by atoms with Gasteiger partial charge >= 0.3 is 0 Å². The van der Waals surface area contributed by atoms with E-state index in [1.165, 1.54) is 7.11 Å². The van der Waals surface area contributed by atoms with E-state index in [4.69, 9.17) is 4.74 Å². The van der Waals surface area contributed by atoms with Gasteiger partial charge in [0, 0.05) is 12.1 Å². The van der Waals surface area contributed by atoms with Crippen LogP contribution in [0.5, 0.6) is 11.5 Å². The molecule has 8 heteroatoms. The Morgan fingerprint density at radius 1 is 1.28 bits per heavy atom. The molecule has 0 saturated heterocycles. The highest BCUT2D eigenvalue weighted by molar-refractivity contribution is 5.97. The quantitative estimate of drug-likeness (QED) is 0.653. The first-order chi connectivity index (χ1) is 12.1. The molecule has 0 aliphatic heterocycles. The summed E-state index contributed by atoms with van der Waals surface area (Å²) >= 11 is 0. The van der Waals surface area contributed by atoms with Crippen LogP contribution in [0.1, 0.15) is 21.5 Å². The number of aromatic amines is 1. The lowest BCUT2D eigenvalue weighted by atomic mass is 10.1. The van der Waals surface area contributed by atoms with Gasteiger partial charge in [-0.2, -0.15) is 5.21 Å². The molecule has 3 N–H and O–H groups in total. The summed E-state index contributed by atoms with van der Waals surface area (Å²) in [6.07, 6.45) is 0. The number of tetrazole rings is 1. The molecule has 0 spiro atoms. The SMILES string of the molecule is COc1cc(C)cc(C(=O)NCc2ccc(-c3nn[nH]n3)cc2)c1O. The Morgan fingerprint density at radius 2 is 2.04 bits per heavy atom. The highest BCUT2D eigenvalue weighted by atomic mass is 16.5. The van der Waals surface area contributed by atoms with Crippen molar-refractivity contribution in [2.24, 2.45) is 0 Å². The number of phenolic OH excluding ortho intramolecular Hbond substituents is 1. The lowest BCUT2D eigenvalue weighted by Gasteiger charge is -2.11. The minimum atomic E-state index is -0.373. The predicted octanol–water partition coefficient (Wildman–Crippen LogP) is 1.82. The van der Waals surface area contributed by atoms with Crippen LogP contribution in [-0.4, -0.2) is 38.7 Å². The molecule has 8 nitrogen and oxygen atoms in total. The number of carbonyl (C=O) groups is 1. The van der Waals surface area contributed by atoms with Crippen molar-refractivity contribution in [2.45, 2.75) is 13.5 Å². The highest BCUT2D eigenvalue weighted by Crippen LogP contribution is 2.31. The fourth-order valence-corrected chi connectivity index (χ4v) is 2.41. The number of aromatic nitrogens is 4. The summed E-state index contributed by atoms with van der Waals surface area (Å²) in [7, 11) is 1.45. The number of H-pyrrole nitrogens is 1. The minimum absolute atomic E-state index is 0.168. The van der Waals surface area contributed by atoms with Gasteiger partial charge in [0.05, 0.1) is 12.7 Å². The molecule has 1 heterocycles. The number of carbonyl (C=O) groups excluding carboxylic acids is 1. The van der Waals surface area contributed by atoms with Crippen LogP contribution in [0, 0.1) is 6.92 Å². The number of hydrogen-bond donors (Lipinski definition) is 3. The van der Waals surface area contributed by atoms with Gasteiger partial charge in [-0.15, -0.1) is 10.2 Å². The van der Waals surface area contributed by atoms with Crippen LogP contribution in [0.3, 0.4) is 0 Å². The van der Waals surface area contributed by atoms with Gasteiger partial charge in [0.2, 0.25) is 5.82 Å². The van der Waals surface area contributed by atoms with Crippen LogP contribution in [-0.2, 0) is 6.54 Å². The Kier molecular flexibility index (Phi) is 4.60. The van der Waals surface area contributed by atoms with Gasteiger partial charge in [-0.3, -0.25) is 4.79 Å². The van der Waals surface area contributed by atoms with Gasteiger partial charge in [-0.05, 0) is 35.4 Å². The molecular formula is C17H17N5O3. The Hall–Kier alpha value is -3.42. The van der Waals surface area contributed by atoms with Crippen molar-refractivity contribution in [3.05, 3.63) is 53.1 Å². The molecule has 0 saturated carbocycles. The molecule has 3 aromatic rings. The zero-order chi connectivity index (χ0) is 17.8. The summed E-state index contributed by atoms with van der Waals surface area (Å²) in [4.78, 5) is 12.4. The molecule has 0 bridgehead atoms. The molecule has 0 radical (unpaired) electrons. The third-order valence-electron chi connectivity index (χ3n) is 3.69. The number of methoxy groups -OCH3 is 1. The Labute approximate surface area is 143 Å². The third-order valence-corrected chi connectivity index (χ3v) is 3.69. The van der Waals surface area contributed by atoms with Crippen molar-refractivity contribution in [1.82, 2.24) is 25.9 Å². The van der Waals surface area contributed by atoms with Crippen molar-refractivity contribution in [3.63, 3.8) is 0 Å². The largest absolute Gasteiger partial charge is 0.504 e. The Morgan fingerprint density at radius 3 is 2.68 bits per heavy atom. The average Bonchev–Trinajstić information content (AvgIpc) is 3.16. The fraction of sp³-hybridized carbons (Fsp3) is 0.176. The van der Waals surface area contributed by atoms with Crippen LogP contribution < -0.4 is 10.1 Å². The van der Waals surface area contributed by atoms with E-state index in [0.717, 1.165) is 16.7 Å². The number of aromatic hydroxyl groups is 1. The van der Waals surface area contributed by atoms with E-state index in [2.05, 4.69) is 25.9 Å².